The Balaban J connectivity index is 1.29. The summed E-state index contributed by atoms with van der Waals surface area (Å²) in [6.45, 7) is 18.2. The molecule has 0 spiro atoms. The Bertz CT molecular complexity index is 1630. The van der Waals surface area contributed by atoms with Crippen LogP contribution in [-0.4, -0.2) is 100 Å². The first kappa shape index (κ1) is 35.0. The van der Waals surface area contributed by atoms with Crippen LogP contribution in [0.15, 0.2) is 36.8 Å². The van der Waals surface area contributed by atoms with Crippen molar-refractivity contribution in [3.05, 3.63) is 42.4 Å². The van der Waals surface area contributed by atoms with Gasteiger partial charge in [0.15, 0.2) is 0 Å². The van der Waals surface area contributed by atoms with E-state index in [2.05, 4.69) is 27.9 Å². The fraction of sp³-hybridized carbons (Fsp3) is 0.583. The lowest BCUT2D eigenvalue weighted by atomic mass is 9.75. The number of nitrogens with zero attached hydrogens (tertiary/aromatic N) is 7. The number of aromatic nitrogens is 3. The number of amides is 1. The normalized spacial score (nSPS) is 18.5. The number of carbonyl (C=O) groups is 2. The first-order valence-electron chi connectivity index (χ1n) is 17.0. The van der Waals surface area contributed by atoms with Gasteiger partial charge in [0.1, 0.15) is 23.2 Å². The SMILES string of the molecule is CCOc1cc(-c2ccc(N3CCC(CC(=O)OC(C)C)(CN4CCN(C(=O)OC(C)(C)C)[C@@H](C)C4)CC3)nc2)c2c(C#N)cnn2c1. The van der Waals surface area contributed by atoms with Crippen LogP contribution in [0.1, 0.15) is 73.3 Å². The molecule has 2 fully saturated rings. The summed E-state index contributed by atoms with van der Waals surface area (Å²) < 4.78 is 18.7. The van der Waals surface area contributed by atoms with Gasteiger partial charge in [0.05, 0.1) is 42.6 Å². The van der Waals surface area contributed by atoms with Crippen LogP contribution in [-0.2, 0) is 14.3 Å². The fourth-order valence-corrected chi connectivity index (χ4v) is 6.83. The third-order valence-electron chi connectivity index (χ3n) is 9.01. The van der Waals surface area contributed by atoms with Gasteiger partial charge in [0.2, 0.25) is 0 Å². The molecule has 12 heteroatoms. The van der Waals surface area contributed by atoms with Gasteiger partial charge in [-0.3, -0.25) is 9.69 Å². The monoisotopic (exact) mass is 659 g/mol. The Morgan fingerprint density at radius 2 is 1.88 bits per heavy atom. The largest absolute Gasteiger partial charge is 0.492 e. The lowest BCUT2D eigenvalue weighted by Gasteiger charge is -2.47. The van der Waals surface area contributed by atoms with Gasteiger partial charge in [0.25, 0.3) is 0 Å². The number of fused-ring (bicyclic) bond motifs is 1. The second-order valence-electron chi connectivity index (χ2n) is 14.4. The Kier molecular flexibility index (Phi) is 10.5. The van der Waals surface area contributed by atoms with Crippen molar-refractivity contribution < 1.29 is 23.8 Å². The summed E-state index contributed by atoms with van der Waals surface area (Å²) in [5.41, 5.74) is 2.10. The quantitative estimate of drug-likeness (QED) is 0.271. The molecule has 5 rings (SSSR count). The number of piperazine rings is 1. The number of carbonyl (C=O) groups excluding carboxylic acids is 2. The molecule has 48 heavy (non-hydrogen) atoms. The number of rotatable bonds is 9. The topological polar surface area (TPSA) is 126 Å². The molecule has 0 aromatic carbocycles. The predicted molar refractivity (Wildman–Crippen MR) is 183 cm³/mol. The summed E-state index contributed by atoms with van der Waals surface area (Å²) in [6.07, 6.45) is 6.70. The summed E-state index contributed by atoms with van der Waals surface area (Å²) in [7, 11) is 0. The van der Waals surface area contributed by atoms with Crippen molar-refractivity contribution >= 4 is 23.4 Å². The molecule has 0 bridgehead atoms. The van der Waals surface area contributed by atoms with Crippen LogP contribution in [0, 0.1) is 16.7 Å². The molecule has 0 saturated carbocycles. The summed E-state index contributed by atoms with van der Waals surface area (Å²) >= 11 is 0. The molecule has 2 saturated heterocycles. The molecule has 3 aromatic heterocycles. The van der Waals surface area contributed by atoms with Crippen molar-refractivity contribution in [2.45, 2.75) is 85.5 Å². The van der Waals surface area contributed by atoms with Crippen LogP contribution in [0.3, 0.4) is 0 Å². The number of piperidine rings is 1. The second-order valence-corrected chi connectivity index (χ2v) is 14.4. The number of hydrogen-bond acceptors (Lipinski definition) is 10. The number of hydrogen-bond donors (Lipinski definition) is 0. The van der Waals surface area contributed by atoms with E-state index in [-0.39, 0.29) is 29.6 Å². The average Bonchev–Trinajstić information content (AvgIpc) is 3.43. The summed E-state index contributed by atoms with van der Waals surface area (Å²) in [5.74, 6) is 1.36. The highest BCUT2D eigenvalue weighted by molar-refractivity contribution is 5.85. The molecule has 1 atom stereocenters. The highest BCUT2D eigenvalue weighted by Crippen LogP contribution is 2.39. The number of ether oxygens (including phenoxy) is 3. The zero-order chi connectivity index (χ0) is 34.6. The van der Waals surface area contributed by atoms with Crippen molar-refractivity contribution in [3.63, 3.8) is 0 Å². The summed E-state index contributed by atoms with van der Waals surface area (Å²) in [4.78, 5) is 37.2. The van der Waals surface area contributed by atoms with Crippen LogP contribution in [0.4, 0.5) is 10.6 Å². The first-order chi connectivity index (χ1) is 22.8. The Labute approximate surface area is 283 Å². The zero-order valence-corrected chi connectivity index (χ0v) is 29.4. The second kappa shape index (κ2) is 14.4. The van der Waals surface area contributed by atoms with Crippen LogP contribution in [0.5, 0.6) is 5.75 Å². The van der Waals surface area contributed by atoms with E-state index < -0.39 is 5.60 Å². The van der Waals surface area contributed by atoms with Crippen LogP contribution in [0.2, 0.25) is 0 Å². The molecular weight excluding hydrogens is 610 g/mol. The van der Waals surface area contributed by atoms with E-state index in [1.54, 1.807) is 16.9 Å². The molecule has 2 aliphatic heterocycles. The van der Waals surface area contributed by atoms with Gasteiger partial charge < -0.3 is 24.0 Å². The van der Waals surface area contributed by atoms with E-state index in [0.29, 0.717) is 36.4 Å². The van der Waals surface area contributed by atoms with Gasteiger partial charge in [-0.15, -0.1) is 0 Å². The maximum Gasteiger partial charge on any atom is 0.410 e. The summed E-state index contributed by atoms with van der Waals surface area (Å²) in [6, 6.07) is 8.20. The van der Waals surface area contributed by atoms with Crippen molar-refractivity contribution in [2.75, 3.05) is 50.8 Å². The number of pyridine rings is 2. The molecular formula is C36H49N7O5. The van der Waals surface area contributed by atoms with Gasteiger partial charge in [0, 0.05) is 62.6 Å². The molecule has 0 radical (unpaired) electrons. The van der Waals surface area contributed by atoms with Gasteiger partial charge in [-0.2, -0.15) is 10.4 Å². The van der Waals surface area contributed by atoms with Crippen molar-refractivity contribution in [2.24, 2.45) is 5.41 Å². The Hall–Kier alpha value is -4.37. The van der Waals surface area contributed by atoms with Crippen LogP contribution in [0.25, 0.3) is 16.6 Å². The third kappa shape index (κ3) is 8.19. The molecule has 0 aliphatic carbocycles. The molecule has 3 aromatic rings. The smallest absolute Gasteiger partial charge is 0.410 e. The lowest BCUT2D eigenvalue weighted by Crippen LogP contribution is -2.57. The van der Waals surface area contributed by atoms with E-state index in [1.807, 2.05) is 70.8 Å². The van der Waals surface area contributed by atoms with Crippen molar-refractivity contribution in [1.82, 2.24) is 24.4 Å². The number of nitriles is 1. The lowest BCUT2D eigenvalue weighted by molar-refractivity contribution is -0.151. The van der Waals surface area contributed by atoms with Gasteiger partial charge >= 0.3 is 12.1 Å². The number of anilines is 1. The minimum absolute atomic E-state index is 0.00155. The zero-order valence-electron chi connectivity index (χ0n) is 29.4. The van der Waals surface area contributed by atoms with Crippen molar-refractivity contribution in [1.29, 1.82) is 5.26 Å². The molecule has 12 nitrogen and oxygen atoms in total. The molecule has 258 valence electrons. The highest BCUT2D eigenvalue weighted by atomic mass is 16.6. The van der Waals surface area contributed by atoms with E-state index in [0.717, 1.165) is 62.5 Å². The average molecular weight is 660 g/mol. The van der Waals surface area contributed by atoms with Crippen LogP contribution >= 0.6 is 0 Å². The Morgan fingerprint density at radius 1 is 1.12 bits per heavy atom. The van der Waals surface area contributed by atoms with Gasteiger partial charge in [-0.05, 0) is 84.9 Å². The first-order valence-corrected chi connectivity index (χ1v) is 17.0. The summed E-state index contributed by atoms with van der Waals surface area (Å²) in [5, 5.41) is 14.1. The number of esters is 1. The maximum absolute atomic E-state index is 13.0. The van der Waals surface area contributed by atoms with Crippen molar-refractivity contribution in [3.8, 4) is 22.9 Å². The van der Waals surface area contributed by atoms with Gasteiger partial charge in [-0.1, -0.05) is 0 Å². The molecule has 5 heterocycles. The molecule has 0 N–H and O–H groups in total. The fourth-order valence-electron chi connectivity index (χ4n) is 6.83. The van der Waals surface area contributed by atoms with E-state index in [4.69, 9.17) is 19.2 Å². The highest BCUT2D eigenvalue weighted by Gasteiger charge is 2.41. The standard InChI is InChI=1S/C36H49N7O5/c1-8-46-29-17-30(33-28(19-37)21-39-43(33)23-29)27-9-10-31(38-20-27)41-13-11-36(12-14-41,18-32(44)47-25(2)3)24-40-15-16-42(26(4)22-40)34(45)48-35(5,6)7/h9-10,17,20-21,23,25-26H,8,11-16,18,22,24H2,1-7H3/t26-/m0/s1. The minimum Gasteiger partial charge on any atom is -0.492 e. The third-order valence-corrected chi connectivity index (χ3v) is 9.01. The van der Waals surface area contributed by atoms with E-state index in [1.165, 1.54) is 0 Å². The molecule has 2 aliphatic rings. The minimum atomic E-state index is -0.542. The van der Waals surface area contributed by atoms with Gasteiger partial charge in [-0.25, -0.2) is 14.3 Å². The van der Waals surface area contributed by atoms with E-state index in [9.17, 15) is 14.9 Å². The Morgan fingerprint density at radius 3 is 2.48 bits per heavy atom. The maximum atomic E-state index is 13.0. The predicted octanol–water partition coefficient (Wildman–Crippen LogP) is 5.54. The molecule has 1 amide bonds. The van der Waals surface area contributed by atoms with Crippen LogP contribution < -0.4 is 9.64 Å². The molecule has 0 unspecified atom stereocenters. The van der Waals surface area contributed by atoms with E-state index >= 15 is 0 Å².